The topological polar surface area (TPSA) is 58.4 Å². The third kappa shape index (κ3) is 2.33. The van der Waals surface area contributed by atoms with Crippen LogP contribution in [0.1, 0.15) is 20.3 Å². The van der Waals surface area contributed by atoms with Crippen LogP contribution in [0.25, 0.3) is 0 Å². The molecular formula is C13H21N3O2. The van der Waals surface area contributed by atoms with Crippen LogP contribution in [-0.2, 0) is 6.54 Å². The van der Waals surface area contributed by atoms with Crippen LogP contribution >= 0.6 is 0 Å². The van der Waals surface area contributed by atoms with E-state index in [0.29, 0.717) is 13.0 Å². The highest BCUT2D eigenvalue weighted by Gasteiger charge is 2.47. The Morgan fingerprint density at radius 1 is 1.50 bits per heavy atom. The molecule has 1 N–H and O–H groups in total. The summed E-state index contributed by atoms with van der Waals surface area (Å²) < 4.78 is 1.54. The summed E-state index contributed by atoms with van der Waals surface area (Å²) in [5.41, 5.74) is -1.27. The molecule has 0 radical (unpaired) electrons. The number of hydrogen-bond acceptors (Lipinski definition) is 4. The van der Waals surface area contributed by atoms with Gasteiger partial charge in [-0.05, 0) is 13.5 Å². The van der Waals surface area contributed by atoms with Crippen LogP contribution in [0.3, 0.4) is 0 Å². The molecule has 18 heavy (non-hydrogen) atoms. The Morgan fingerprint density at radius 2 is 2.22 bits per heavy atom. The Morgan fingerprint density at radius 3 is 2.83 bits per heavy atom. The standard InChI is InChI=1S/C13H21N3O2/c1-12(2)9-15(3)6-4-13(12,18)10-16-7-5-14-8-11(16)17/h5,7-8,18H,4,6,9-10H2,1-3H3. The molecule has 1 unspecified atom stereocenters. The van der Waals surface area contributed by atoms with Crippen molar-refractivity contribution >= 4 is 0 Å². The van der Waals surface area contributed by atoms with Gasteiger partial charge in [-0.2, -0.15) is 0 Å². The Kier molecular flexibility index (Phi) is 3.29. The van der Waals surface area contributed by atoms with Gasteiger partial charge >= 0.3 is 0 Å². The SMILES string of the molecule is CN1CCC(O)(Cn2ccncc2=O)C(C)(C)C1. The second kappa shape index (κ2) is 4.48. The van der Waals surface area contributed by atoms with Gasteiger partial charge in [-0.25, -0.2) is 0 Å². The molecule has 1 aliphatic heterocycles. The number of aromatic nitrogens is 2. The maximum absolute atomic E-state index is 11.7. The van der Waals surface area contributed by atoms with E-state index in [1.54, 1.807) is 17.0 Å². The van der Waals surface area contributed by atoms with Gasteiger partial charge in [0.05, 0.1) is 18.3 Å². The number of nitrogens with zero attached hydrogens (tertiary/aromatic N) is 3. The molecule has 1 aliphatic rings. The fourth-order valence-electron chi connectivity index (χ4n) is 2.69. The summed E-state index contributed by atoms with van der Waals surface area (Å²) in [4.78, 5) is 17.7. The van der Waals surface area contributed by atoms with Crippen molar-refractivity contribution in [1.82, 2.24) is 14.5 Å². The van der Waals surface area contributed by atoms with E-state index in [4.69, 9.17) is 0 Å². The summed E-state index contributed by atoms with van der Waals surface area (Å²) in [6, 6.07) is 0. The molecule has 5 heteroatoms. The normalized spacial score (nSPS) is 28.2. The van der Waals surface area contributed by atoms with E-state index in [2.05, 4.69) is 30.8 Å². The van der Waals surface area contributed by atoms with E-state index in [0.717, 1.165) is 13.1 Å². The molecular weight excluding hydrogens is 230 g/mol. The van der Waals surface area contributed by atoms with Crippen LogP contribution in [0, 0.1) is 5.41 Å². The lowest BCUT2D eigenvalue weighted by atomic mass is 9.70. The smallest absolute Gasteiger partial charge is 0.269 e. The summed E-state index contributed by atoms with van der Waals surface area (Å²) in [5, 5.41) is 10.9. The zero-order valence-electron chi connectivity index (χ0n) is 11.3. The maximum Gasteiger partial charge on any atom is 0.269 e. The van der Waals surface area contributed by atoms with Crippen molar-refractivity contribution in [3.8, 4) is 0 Å². The van der Waals surface area contributed by atoms with E-state index in [1.807, 2.05) is 0 Å². The molecule has 0 saturated carbocycles. The minimum atomic E-state index is -0.856. The van der Waals surface area contributed by atoms with Crippen molar-refractivity contribution in [3.05, 3.63) is 28.9 Å². The minimum Gasteiger partial charge on any atom is -0.387 e. The lowest BCUT2D eigenvalue weighted by molar-refractivity contribution is -0.124. The molecule has 0 bridgehead atoms. The number of rotatable bonds is 2. The predicted molar refractivity (Wildman–Crippen MR) is 69.3 cm³/mol. The monoisotopic (exact) mass is 251 g/mol. The zero-order chi connectivity index (χ0) is 13.4. The van der Waals surface area contributed by atoms with E-state index >= 15 is 0 Å². The average Bonchev–Trinajstić information content (AvgIpc) is 2.27. The van der Waals surface area contributed by atoms with Gasteiger partial charge in [-0.15, -0.1) is 0 Å². The Balaban J connectivity index is 2.27. The van der Waals surface area contributed by atoms with Gasteiger partial charge in [0.2, 0.25) is 0 Å². The Hall–Kier alpha value is -1.20. The van der Waals surface area contributed by atoms with Crippen molar-refractivity contribution in [2.75, 3.05) is 20.1 Å². The molecule has 2 heterocycles. The van der Waals surface area contributed by atoms with Gasteiger partial charge in [0, 0.05) is 30.9 Å². The fraction of sp³-hybridized carbons (Fsp3) is 0.692. The van der Waals surface area contributed by atoms with Gasteiger partial charge in [0.25, 0.3) is 5.56 Å². The van der Waals surface area contributed by atoms with Crippen LogP contribution < -0.4 is 5.56 Å². The molecule has 0 spiro atoms. The first-order valence-electron chi connectivity index (χ1n) is 6.25. The summed E-state index contributed by atoms with van der Waals surface area (Å²) in [5.74, 6) is 0. The van der Waals surface area contributed by atoms with Crippen molar-refractivity contribution in [3.63, 3.8) is 0 Å². The van der Waals surface area contributed by atoms with Crippen molar-refractivity contribution in [1.29, 1.82) is 0 Å². The summed E-state index contributed by atoms with van der Waals surface area (Å²) in [7, 11) is 2.06. The Labute approximate surface area is 107 Å². The molecule has 5 nitrogen and oxygen atoms in total. The number of hydrogen-bond donors (Lipinski definition) is 1. The van der Waals surface area contributed by atoms with Crippen LogP contribution in [0.5, 0.6) is 0 Å². The lowest BCUT2D eigenvalue weighted by Gasteiger charge is -2.49. The highest BCUT2D eigenvalue weighted by Crippen LogP contribution is 2.39. The van der Waals surface area contributed by atoms with Crippen LogP contribution in [0.4, 0.5) is 0 Å². The first kappa shape index (κ1) is 13.2. The van der Waals surface area contributed by atoms with Crippen LogP contribution in [0.15, 0.2) is 23.4 Å². The molecule has 1 aromatic rings. The summed E-state index contributed by atoms with van der Waals surface area (Å²) in [6.45, 7) is 6.10. The lowest BCUT2D eigenvalue weighted by Crippen LogP contribution is -2.59. The molecule has 1 atom stereocenters. The summed E-state index contributed by atoms with van der Waals surface area (Å²) >= 11 is 0. The van der Waals surface area contributed by atoms with E-state index in [1.165, 1.54) is 6.20 Å². The second-order valence-electron chi connectivity index (χ2n) is 5.95. The third-order valence-corrected chi connectivity index (χ3v) is 4.06. The molecule has 1 saturated heterocycles. The van der Waals surface area contributed by atoms with Gasteiger partial charge in [-0.1, -0.05) is 13.8 Å². The summed E-state index contributed by atoms with van der Waals surface area (Å²) in [6.07, 6.45) is 5.16. The number of aliphatic hydroxyl groups is 1. The molecule has 1 fully saturated rings. The van der Waals surface area contributed by atoms with Crippen LogP contribution in [0.2, 0.25) is 0 Å². The molecule has 0 amide bonds. The van der Waals surface area contributed by atoms with Crippen molar-refractivity contribution in [2.45, 2.75) is 32.4 Å². The largest absolute Gasteiger partial charge is 0.387 e. The van der Waals surface area contributed by atoms with Crippen LogP contribution in [-0.4, -0.2) is 45.3 Å². The van der Waals surface area contributed by atoms with Gasteiger partial charge in [0.1, 0.15) is 0 Å². The highest BCUT2D eigenvalue weighted by molar-refractivity contribution is 5.00. The highest BCUT2D eigenvalue weighted by atomic mass is 16.3. The van der Waals surface area contributed by atoms with Crippen molar-refractivity contribution in [2.24, 2.45) is 5.41 Å². The predicted octanol–water partition coefficient (Wildman–Crippen LogP) is 0.336. The fourth-order valence-corrected chi connectivity index (χ4v) is 2.69. The first-order valence-corrected chi connectivity index (χ1v) is 6.25. The molecule has 0 aliphatic carbocycles. The first-order chi connectivity index (χ1) is 8.34. The maximum atomic E-state index is 11.7. The number of likely N-dealkylation sites (tertiary alicyclic amines) is 1. The van der Waals surface area contributed by atoms with Gasteiger partial charge in [0.15, 0.2) is 0 Å². The second-order valence-corrected chi connectivity index (χ2v) is 5.95. The zero-order valence-corrected chi connectivity index (χ0v) is 11.3. The third-order valence-electron chi connectivity index (χ3n) is 4.06. The quantitative estimate of drug-likeness (QED) is 0.823. The van der Waals surface area contributed by atoms with E-state index < -0.39 is 5.60 Å². The van der Waals surface area contributed by atoms with E-state index in [-0.39, 0.29) is 11.0 Å². The molecule has 0 aromatic carbocycles. The molecule has 2 rings (SSSR count). The Bertz CT molecular complexity index is 483. The average molecular weight is 251 g/mol. The van der Waals surface area contributed by atoms with Gasteiger partial charge < -0.3 is 14.6 Å². The number of piperidine rings is 1. The van der Waals surface area contributed by atoms with E-state index in [9.17, 15) is 9.90 Å². The van der Waals surface area contributed by atoms with Gasteiger partial charge in [-0.3, -0.25) is 9.78 Å². The minimum absolute atomic E-state index is 0.166. The molecule has 100 valence electrons. The molecule has 1 aromatic heterocycles. The van der Waals surface area contributed by atoms with Crippen molar-refractivity contribution < 1.29 is 5.11 Å².